The highest BCUT2D eigenvalue weighted by molar-refractivity contribution is 6.58. The molecule has 0 aliphatic carbocycles. The van der Waals surface area contributed by atoms with Crippen molar-refractivity contribution in [2.24, 2.45) is 0 Å². The average molecular weight is 399 g/mol. The van der Waals surface area contributed by atoms with Gasteiger partial charge in [0.1, 0.15) is 23.1 Å². The van der Waals surface area contributed by atoms with Crippen LogP contribution in [0.15, 0.2) is 84.7 Å². The Morgan fingerprint density at radius 3 is 2.11 bits per heavy atom. The van der Waals surface area contributed by atoms with E-state index in [1.54, 1.807) is 24.3 Å². The Kier molecular flexibility index (Phi) is 6.36. The van der Waals surface area contributed by atoms with Crippen LogP contribution in [0.1, 0.15) is 16.7 Å². The lowest BCUT2D eigenvalue weighted by molar-refractivity contribution is 0.481. The highest BCUT2D eigenvalue weighted by atomic mass is 28.3. The molecule has 0 bridgehead atoms. The Morgan fingerprint density at radius 2 is 1.46 bits per heavy atom. The molecule has 144 valence electrons. The molecule has 0 amide bonds. The van der Waals surface area contributed by atoms with Gasteiger partial charge in [-0.05, 0) is 54.1 Å². The Labute approximate surface area is 164 Å². The van der Waals surface area contributed by atoms with E-state index in [1.165, 1.54) is 12.1 Å². The fourth-order valence-corrected chi connectivity index (χ4v) is 4.80. The lowest BCUT2D eigenvalue weighted by atomic mass is 10.1. The van der Waals surface area contributed by atoms with Crippen LogP contribution in [0.3, 0.4) is 0 Å². The third-order valence-corrected chi connectivity index (χ3v) is 6.45. The maximum Gasteiger partial charge on any atom is 0.162 e. The molecule has 0 aliphatic heterocycles. The number of halogens is 3. The zero-order valence-electron chi connectivity index (χ0n) is 15.7. The number of hydrogen-bond donors (Lipinski definition) is 0. The van der Waals surface area contributed by atoms with Crippen molar-refractivity contribution in [1.82, 2.24) is 0 Å². The van der Waals surface area contributed by atoms with E-state index < -0.39 is 31.8 Å². The lowest BCUT2D eigenvalue weighted by Gasteiger charge is -2.20. The number of allylic oxidation sites excluding steroid dienone is 1. The first kappa shape index (κ1) is 20.0. The predicted octanol–water partition coefficient (Wildman–Crippen LogP) is 7.04. The minimum Gasteiger partial charge on any atom is -0.457 e. The van der Waals surface area contributed by atoms with Gasteiger partial charge in [-0.2, -0.15) is 0 Å². The van der Waals surface area contributed by atoms with Crippen LogP contribution in [0.4, 0.5) is 13.2 Å². The van der Waals surface area contributed by atoms with Gasteiger partial charge in [0.15, 0.2) is 5.83 Å². The third kappa shape index (κ3) is 4.73. The van der Waals surface area contributed by atoms with Crippen LogP contribution >= 0.6 is 0 Å². The first-order valence-electron chi connectivity index (χ1n) is 9.09. The maximum atomic E-state index is 15.1. The fraction of sp³-hybridized carbons (Fsp3) is 0.130. The molecule has 1 atom stereocenters. The van der Waals surface area contributed by atoms with E-state index in [1.807, 2.05) is 43.4 Å². The molecule has 28 heavy (non-hydrogen) atoms. The van der Waals surface area contributed by atoms with Gasteiger partial charge in [0.25, 0.3) is 0 Å². The quantitative estimate of drug-likeness (QED) is 0.405. The average Bonchev–Trinajstić information content (AvgIpc) is 2.69. The summed E-state index contributed by atoms with van der Waals surface area (Å²) in [5.74, 6) is -1.01. The lowest BCUT2D eigenvalue weighted by Crippen LogP contribution is -2.17. The molecule has 0 N–H and O–H groups in total. The van der Waals surface area contributed by atoms with Crippen molar-refractivity contribution in [3.05, 3.63) is 102 Å². The summed E-state index contributed by atoms with van der Waals surface area (Å²) in [6.07, 6.45) is 0. The van der Waals surface area contributed by atoms with Gasteiger partial charge in [0.2, 0.25) is 0 Å². The van der Waals surface area contributed by atoms with Gasteiger partial charge in [0, 0.05) is 19.9 Å². The van der Waals surface area contributed by atoms with Crippen molar-refractivity contribution in [3.63, 3.8) is 0 Å². The predicted molar refractivity (Wildman–Crippen MR) is 110 cm³/mol. The molecule has 0 heterocycles. The van der Waals surface area contributed by atoms with E-state index in [2.05, 4.69) is 0 Å². The summed E-state index contributed by atoms with van der Waals surface area (Å²) in [5, 5.41) is 0. The first-order chi connectivity index (χ1) is 13.5. The van der Waals surface area contributed by atoms with Crippen LogP contribution in [0.2, 0.25) is 13.1 Å². The van der Waals surface area contributed by atoms with Crippen LogP contribution in [0, 0.1) is 5.82 Å². The van der Waals surface area contributed by atoms with E-state index >= 15 is 4.39 Å². The summed E-state index contributed by atoms with van der Waals surface area (Å²) in [5.41, 5.74) is 0.0597. The summed E-state index contributed by atoms with van der Waals surface area (Å²) >= 11 is 0. The van der Waals surface area contributed by atoms with Crippen molar-refractivity contribution in [1.29, 1.82) is 0 Å². The molecule has 3 aromatic rings. The van der Waals surface area contributed by atoms with E-state index in [9.17, 15) is 8.78 Å². The topological polar surface area (TPSA) is 9.23 Å². The Hall–Kier alpha value is -2.79. The summed E-state index contributed by atoms with van der Waals surface area (Å²) in [7, 11) is -1.67. The molecule has 0 spiro atoms. The van der Waals surface area contributed by atoms with Crippen LogP contribution in [0.5, 0.6) is 11.5 Å². The Bertz CT molecular complexity index is 953. The Balaban J connectivity index is 1.94. The van der Waals surface area contributed by atoms with Gasteiger partial charge in [-0.3, -0.25) is 0 Å². The van der Waals surface area contributed by atoms with Crippen LogP contribution in [0.25, 0.3) is 5.83 Å². The van der Waals surface area contributed by atoms with Gasteiger partial charge < -0.3 is 4.74 Å². The number of hydrogen-bond acceptors (Lipinski definition) is 1. The summed E-state index contributed by atoms with van der Waals surface area (Å²) in [4.78, 5) is 0. The number of ether oxygens (including phenoxy) is 1. The maximum absolute atomic E-state index is 15.1. The van der Waals surface area contributed by atoms with Gasteiger partial charge in [0.05, 0.1) is 0 Å². The van der Waals surface area contributed by atoms with Crippen molar-refractivity contribution >= 4 is 14.6 Å². The van der Waals surface area contributed by atoms with Crippen molar-refractivity contribution in [2.75, 3.05) is 0 Å². The third-order valence-electron chi connectivity index (χ3n) is 4.44. The van der Waals surface area contributed by atoms with Gasteiger partial charge in [-0.15, -0.1) is 0 Å². The van der Waals surface area contributed by atoms with Crippen molar-refractivity contribution in [2.45, 2.75) is 18.6 Å². The van der Waals surface area contributed by atoms with Crippen molar-refractivity contribution in [3.8, 4) is 11.5 Å². The summed E-state index contributed by atoms with van der Waals surface area (Å²) in [6, 6.07) is 21.1. The second-order valence-corrected chi connectivity index (χ2v) is 10.0. The molecule has 0 saturated carbocycles. The zero-order valence-corrected chi connectivity index (χ0v) is 16.9. The van der Waals surface area contributed by atoms with Crippen molar-refractivity contribution < 1.29 is 17.9 Å². The van der Waals surface area contributed by atoms with Crippen LogP contribution in [-0.2, 0) is 0 Å². The van der Waals surface area contributed by atoms with Crippen LogP contribution in [-0.4, -0.2) is 8.80 Å². The minimum atomic E-state index is -1.67. The molecular formula is C23H21F3OSi. The largest absolute Gasteiger partial charge is 0.457 e. The second-order valence-electron chi connectivity index (χ2n) is 6.88. The number of benzene rings is 3. The van der Waals surface area contributed by atoms with E-state index in [0.717, 1.165) is 12.1 Å². The molecule has 1 nitrogen and oxygen atoms in total. The SMILES string of the molecule is C[SiH](C)C(C(F)=C(F)c1ccc(F)cc1)c1cccc(Oc2ccccc2)c1. The molecule has 0 fully saturated rings. The smallest absolute Gasteiger partial charge is 0.162 e. The standard InChI is InChI=1S/C23H21F3OSi/c1-28(2)23(22(26)21(25)16-11-13-18(24)14-12-16)17-7-6-10-20(15-17)27-19-8-4-3-5-9-19/h3-15,23,28H,1-2H3. The second kappa shape index (κ2) is 8.93. The minimum absolute atomic E-state index is 0.0373. The molecule has 1 unspecified atom stereocenters. The highest BCUT2D eigenvalue weighted by Crippen LogP contribution is 2.36. The molecule has 0 aromatic heterocycles. The fourth-order valence-electron chi connectivity index (χ4n) is 3.09. The Morgan fingerprint density at radius 1 is 0.821 bits per heavy atom. The van der Waals surface area contributed by atoms with Gasteiger partial charge in [-0.1, -0.05) is 43.4 Å². The molecule has 3 rings (SSSR count). The number of rotatable bonds is 6. The van der Waals surface area contributed by atoms with E-state index in [-0.39, 0.29) is 5.56 Å². The zero-order chi connectivity index (χ0) is 20.1. The highest BCUT2D eigenvalue weighted by Gasteiger charge is 2.26. The molecule has 5 heteroatoms. The molecule has 0 radical (unpaired) electrons. The summed E-state index contributed by atoms with van der Waals surface area (Å²) in [6.45, 7) is 3.93. The molecule has 0 saturated heterocycles. The summed E-state index contributed by atoms with van der Waals surface area (Å²) < 4.78 is 48.8. The van der Waals surface area contributed by atoms with E-state index in [4.69, 9.17) is 4.74 Å². The molecule has 3 aromatic carbocycles. The van der Waals surface area contributed by atoms with Gasteiger partial charge in [-0.25, -0.2) is 13.2 Å². The molecule has 0 aliphatic rings. The van der Waals surface area contributed by atoms with Crippen LogP contribution < -0.4 is 4.74 Å². The first-order valence-corrected chi connectivity index (χ1v) is 12.1. The number of para-hydroxylation sites is 1. The van der Waals surface area contributed by atoms with Gasteiger partial charge >= 0.3 is 0 Å². The van der Waals surface area contributed by atoms with E-state index in [0.29, 0.717) is 17.1 Å². The monoisotopic (exact) mass is 398 g/mol. The molecular weight excluding hydrogens is 377 g/mol. The normalized spacial score (nSPS) is 13.2.